The maximum Gasteiger partial charge on any atom is 0.320 e. The van der Waals surface area contributed by atoms with Gasteiger partial charge < -0.3 is 4.74 Å². The zero-order valence-corrected chi connectivity index (χ0v) is 11.8. The van der Waals surface area contributed by atoms with Crippen molar-refractivity contribution in [1.82, 2.24) is 0 Å². The number of ketones is 1. The van der Waals surface area contributed by atoms with Gasteiger partial charge in [0.1, 0.15) is 5.25 Å². The summed E-state index contributed by atoms with van der Waals surface area (Å²) in [4.78, 5) is 23.9. The Bertz CT molecular complexity index is 485. The molecule has 1 aromatic carbocycles. The van der Waals surface area contributed by atoms with Crippen LogP contribution in [0, 0.1) is 12.3 Å². The Morgan fingerprint density at radius 1 is 1.37 bits per heavy atom. The molecular weight excluding hydrogens is 260 g/mol. The van der Waals surface area contributed by atoms with Crippen LogP contribution in [0.3, 0.4) is 0 Å². The highest BCUT2D eigenvalue weighted by Crippen LogP contribution is 2.24. The molecule has 0 fully saturated rings. The molecule has 0 aliphatic heterocycles. The molecule has 3 nitrogen and oxygen atoms in total. The van der Waals surface area contributed by atoms with Crippen LogP contribution >= 0.6 is 11.8 Å². The number of terminal acetylenes is 1. The van der Waals surface area contributed by atoms with Gasteiger partial charge in [0.15, 0.2) is 12.4 Å². The molecular formula is C15H16O3S. The number of rotatable bonds is 6. The van der Waals surface area contributed by atoms with E-state index in [0.29, 0.717) is 12.0 Å². The SMILES string of the molecule is C#CCOC(=O)C(C)Sc1ccc(C(=O)CC)cc1. The van der Waals surface area contributed by atoms with E-state index in [1.807, 2.05) is 19.1 Å². The number of ether oxygens (including phenoxy) is 1. The summed E-state index contributed by atoms with van der Waals surface area (Å²) in [5.41, 5.74) is 0.689. The minimum Gasteiger partial charge on any atom is -0.452 e. The molecule has 0 heterocycles. The number of esters is 1. The molecule has 0 radical (unpaired) electrons. The number of carbonyl (C=O) groups excluding carboxylic acids is 2. The Morgan fingerprint density at radius 3 is 2.53 bits per heavy atom. The predicted octanol–water partition coefficient (Wildman–Crippen LogP) is 2.94. The third-order valence-corrected chi connectivity index (χ3v) is 3.53. The van der Waals surface area contributed by atoms with Crippen LogP contribution in [-0.2, 0) is 9.53 Å². The fourth-order valence-electron chi connectivity index (χ4n) is 1.41. The highest BCUT2D eigenvalue weighted by atomic mass is 32.2. The first-order chi connectivity index (χ1) is 9.08. The van der Waals surface area contributed by atoms with Crippen molar-refractivity contribution in [3.63, 3.8) is 0 Å². The maximum atomic E-state index is 11.5. The van der Waals surface area contributed by atoms with E-state index < -0.39 is 0 Å². The molecule has 0 saturated heterocycles. The number of hydrogen-bond donors (Lipinski definition) is 0. The zero-order valence-electron chi connectivity index (χ0n) is 11.0. The third kappa shape index (κ3) is 4.80. The van der Waals surface area contributed by atoms with Crippen molar-refractivity contribution in [3.8, 4) is 12.3 Å². The quantitative estimate of drug-likeness (QED) is 0.347. The van der Waals surface area contributed by atoms with Gasteiger partial charge in [-0.2, -0.15) is 0 Å². The van der Waals surface area contributed by atoms with E-state index in [1.165, 1.54) is 11.8 Å². The lowest BCUT2D eigenvalue weighted by molar-refractivity contribution is -0.141. The Kier molecular flexibility index (Phi) is 6.17. The van der Waals surface area contributed by atoms with Crippen LogP contribution in [-0.4, -0.2) is 23.6 Å². The molecule has 0 aliphatic rings. The van der Waals surface area contributed by atoms with Crippen LogP contribution in [0.5, 0.6) is 0 Å². The first-order valence-corrected chi connectivity index (χ1v) is 6.86. The van der Waals surface area contributed by atoms with Gasteiger partial charge in [0.05, 0.1) is 0 Å². The molecule has 4 heteroatoms. The van der Waals surface area contributed by atoms with Gasteiger partial charge in [-0.25, -0.2) is 0 Å². The molecule has 100 valence electrons. The summed E-state index contributed by atoms with van der Waals surface area (Å²) in [6, 6.07) is 7.21. The lowest BCUT2D eigenvalue weighted by Crippen LogP contribution is -2.16. The summed E-state index contributed by atoms with van der Waals surface area (Å²) in [6.07, 6.45) is 5.51. The molecule has 0 aliphatic carbocycles. The van der Waals surface area contributed by atoms with Crippen molar-refractivity contribution in [2.45, 2.75) is 30.4 Å². The van der Waals surface area contributed by atoms with Crippen molar-refractivity contribution in [2.75, 3.05) is 6.61 Å². The molecule has 0 N–H and O–H groups in total. The maximum absolute atomic E-state index is 11.5. The largest absolute Gasteiger partial charge is 0.452 e. The topological polar surface area (TPSA) is 43.4 Å². The molecule has 1 atom stereocenters. The number of carbonyl (C=O) groups is 2. The summed E-state index contributed by atoms with van der Waals surface area (Å²) >= 11 is 1.38. The van der Waals surface area contributed by atoms with Gasteiger partial charge in [-0.15, -0.1) is 18.2 Å². The molecule has 1 unspecified atom stereocenters. The number of Topliss-reactive ketones (excluding diaryl/α,β-unsaturated/α-hetero) is 1. The van der Waals surface area contributed by atoms with E-state index in [-0.39, 0.29) is 23.6 Å². The van der Waals surface area contributed by atoms with Crippen LogP contribution in [0.25, 0.3) is 0 Å². The molecule has 1 rings (SSSR count). The van der Waals surface area contributed by atoms with Crippen molar-refractivity contribution in [2.24, 2.45) is 0 Å². The Morgan fingerprint density at radius 2 is 2.00 bits per heavy atom. The monoisotopic (exact) mass is 276 g/mol. The summed E-state index contributed by atoms with van der Waals surface area (Å²) in [5.74, 6) is 2.03. The van der Waals surface area contributed by atoms with Crippen LogP contribution in [0.1, 0.15) is 30.6 Å². The van der Waals surface area contributed by atoms with Gasteiger partial charge >= 0.3 is 5.97 Å². The van der Waals surface area contributed by atoms with Gasteiger partial charge in [-0.1, -0.05) is 25.0 Å². The number of benzene rings is 1. The second kappa shape index (κ2) is 7.65. The minimum atomic E-state index is -0.336. The molecule has 0 spiro atoms. The molecule has 0 amide bonds. The molecule has 1 aromatic rings. The first kappa shape index (κ1) is 15.3. The Balaban J connectivity index is 2.60. The van der Waals surface area contributed by atoms with Crippen LogP contribution < -0.4 is 0 Å². The predicted molar refractivity (Wildman–Crippen MR) is 76.2 cm³/mol. The highest BCUT2D eigenvalue weighted by Gasteiger charge is 2.15. The van der Waals surface area contributed by atoms with Crippen LogP contribution in [0.15, 0.2) is 29.2 Å². The number of thioether (sulfide) groups is 1. The smallest absolute Gasteiger partial charge is 0.320 e. The van der Waals surface area contributed by atoms with Crippen LogP contribution in [0.2, 0.25) is 0 Å². The summed E-state index contributed by atoms with van der Waals surface area (Å²) in [7, 11) is 0. The summed E-state index contributed by atoms with van der Waals surface area (Å²) in [6.45, 7) is 3.58. The molecule has 0 bridgehead atoms. The van der Waals surface area contributed by atoms with E-state index >= 15 is 0 Å². The second-order valence-corrected chi connectivity index (χ2v) is 5.29. The summed E-state index contributed by atoms with van der Waals surface area (Å²) < 4.78 is 4.85. The average Bonchev–Trinajstić information content (AvgIpc) is 2.44. The molecule has 0 saturated carbocycles. The van der Waals surface area contributed by atoms with E-state index in [2.05, 4.69) is 5.92 Å². The van der Waals surface area contributed by atoms with E-state index in [1.54, 1.807) is 19.1 Å². The van der Waals surface area contributed by atoms with Gasteiger partial charge in [-0.05, 0) is 19.1 Å². The Hall–Kier alpha value is -1.73. The van der Waals surface area contributed by atoms with E-state index in [0.717, 1.165) is 4.90 Å². The zero-order chi connectivity index (χ0) is 14.3. The van der Waals surface area contributed by atoms with Gasteiger partial charge in [-0.3, -0.25) is 9.59 Å². The fraction of sp³-hybridized carbons (Fsp3) is 0.333. The van der Waals surface area contributed by atoms with Crippen molar-refractivity contribution >= 4 is 23.5 Å². The lowest BCUT2D eigenvalue weighted by Gasteiger charge is -2.10. The highest BCUT2D eigenvalue weighted by molar-refractivity contribution is 8.00. The fourth-order valence-corrected chi connectivity index (χ4v) is 2.27. The van der Waals surface area contributed by atoms with E-state index in [4.69, 9.17) is 11.2 Å². The van der Waals surface area contributed by atoms with Gasteiger partial charge in [0, 0.05) is 16.9 Å². The van der Waals surface area contributed by atoms with Gasteiger partial charge in [0.25, 0.3) is 0 Å². The first-order valence-electron chi connectivity index (χ1n) is 5.98. The van der Waals surface area contributed by atoms with Crippen molar-refractivity contribution in [1.29, 1.82) is 0 Å². The van der Waals surface area contributed by atoms with Crippen LogP contribution in [0.4, 0.5) is 0 Å². The van der Waals surface area contributed by atoms with Crippen molar-refractivity contribution in [3.05, 3.63) is 29.8 Å². The van der Waals surface area contributed by atoms with E-state index in [9.17, 15) is 9.59 Å². The lowest BCUT2D eigenvalue weighted by atomic mass is 10.1. The van der Waals surface area contributed by atoms with Gasteiger partial charge in [0.2, 0.25) is 0 Å². The number of hydrogen-bond acceptors (Lipinski definition) is 4. The summed E-state index contributed by atoms with van der Waals surface area (Å²) in [5, 5.41) is -0.332. The molecule has 19 heavy (non-hydrogen) atoms. The Labute approximate surface area is 117 Å². The second-order valence-electron chi connectivity index (χ2n) is 3.87. The normalized spacial score (nSPS) is 11.4. The standard InChI is InChI=1S/C15H16O3S/c1-4-10-18-15(17)11(3)19-13-8-6-12(7-9-13)14(16)5-2/h1,6-9,11H,5,10H2,2-3H3. The average molecular weight is 276 g/mol. The van der Waals surface area contributed by atoms with Crippen molar-refractivity contribution < 1.29 is 14.3 Å². The minimum absolute atomic E-state index is 0.00628. The third-order valence-electron chi connectivity index (χ3n) is 2.44. The molecule has 0 aromatic heterocycles.